The lowest BCUT2D eigenvalue weighted by molar-refractivity contribution is -0.136. The third-order valence-corrected chi connectivity index (χ3v) is 7.26. The molecular weight excluding hydrogens is 448 g/mol. The smallest absolute Gasteiger partial charge is 0.262 e. The third kappa shape index (κ3) is 5.00. The van der Waals surface area contributed by atoms with E-state index < -0.39 is 23.8 Å². The maximum absolute atomic E-state index is 13.1. The molecule has 4 heterocycles. The van der Waals surface area contributed by atoms with Crippen LogP contribution in [0.5, 0.6) is 0 Å². The standard InChI is InChI=1S/C25H32N6O4/c32-22-6-5-21(23(33)27-22)31-24(34)19-4-3-18(17-20(19)25(31)35)30-15-13-29(14-16-30)10-2-1-9-28-11-7-26-8-12-28/h1-4,17,21,26H,5-16H2,(H,27,32,33)/b2-1+. The number of piperidine rings is 1. The molecule has 4 aliphatic heterocycles. The van der Waals surface area contributed by atoms with Crippen LogP contribution in [-0.2, 0) is 9.59 Å². The quantitative estimate of drug-likeness (QED) is 0.421. The van der Waals surface area contributed by atoms with E-state index in [9.17, 15) is 19.2 Å². The lowest BCUT2D eigenvalue weighted by Crippen LogP contribution is -2.54. The van der Waals surface area contributed by atoms with E-state index in [4.69, 9.17) is 0 Å². The van der Waals surface area contributed by atoms with Gasteiger partial charge in [0.05, 0.1) is 11.1 Å². The first-order chi connectivity index (χ1) is 17.0. The number of fused-ring (bicyclic) bond motifs is 1. The number of rotatable bonds is 6. The number of hydrogen-bond donors (Lipinski definition) is 2. The largest absolute Gasteiger partial charge is 0.369 e. The summed E-state index contributed by atoms with van der Waals surface area (Å²) in [6.45, 7) is 9.77. The van der Waals surface area contributed by atoms with E-state index in [0.29, 0.717) is 11.1 Å². The van der Waals surface area contributed by atoms with Crippen molar-refractivity contribution in [3.05, 3.63) is 41.5 Å². The van der Waals surface area contributed by atoms with Gasteiger partial charge in [0.2, 0.25) is 11.8 Å². The first-order valence-electron chi connectivity index (χ1n) is 12.4. The Morgan fingerprint density at radius 2 is 1.49 bits per heavy atom. The zero-order valence-electron chi connectivity index (χ0n) is 19.9. The Bertz CT molecular complexity index is 1040. The summed E-state index contributed by atoms with van der Waals surface area (Å²) in [7, 11) is 0. The molecule has 0 radical (unpaired) electrons. The minimum Gasteiger partial charge on any atom is -0.369 e. The molecule has 10 heteroatoms. The fraction of sp³-hybridized carbons (Fsp3) is 0.520. The van der Waals surface area contributed by atoms with E-state index in [1.165, 1.54) is 0 Å². The van der Waals surface area contributed by atoms with E-state index in [-0.39, 0.29) is 18.7 Å². The second-order valence-electron chi connectivity index (χ2n) is 9.49. The van der Waals surface area contributed by atoms with E-state index in [2.05, 4.69) is 37.5 Å². The average molecular weight is 481 g/mol. The van der Waals surface area contributed by atoms with Crippen molar-refractivity contribution >= 4 is 29.3 Å². The molecule has 4 amide bonds. The molecule has 0 spiro atoms. The van der Waals surface area contributed by atoms with Gasteiger partial charge in [-0.1, -0.05) is 12.2 Å². The Morgan fingerprint density at radius 3 is 2.17 bits per heavy atom. The van der Waals surface area contributed by atoms with Crippen LogP contribution in [0.3, 0.4) is 0 Å². The number of hydrogen-bond acceptors (Lipinski definition) is 8. The van der Waals surface area contributed by atoms with Crippen molar-refractivity contribution in [1.29, 1.82) is 0 Å². The van der Waals surface area contributed by atoms with Gasteiger partial charge in [-0.3, -0.25) is 39.2 Å². The molecule has 1 aromatic rings. The molecule has 1 unspecified atom stereocenters. The van der Waals surface area contributed by atoms with Gasteiger partial charge in [0.25, 0.3) is 11.8 Å². The van der Waals surface area contributed by atoms with Gasteiger partial charge in [0, 0.05) is 77.6 Å². The summed E-state index contributed by atoms with van der Waals surface area (Å²) < 4.78 is 0. The molecule has 1 aromatic carbocycles. The number of amides is 4. The van der Waals surface area contributed by atoms with Crippen LogP contribution in [-0.4, -0.2) is 110 Å². The van der Waals surface area contributed by atoms with Crippen LogP contribution in [0.4, 0.5) is 5.69 Å². The summed E-state index contributed by atoms with van der Waals surface area (Å²) in [6.07, 6.45) is 4.79. The minimum atomic E-state index is -0.938. The molecule has 186 valence electrons. The number of carbonyl (C=O) groups excluding carboxylic acids is 4. The Morgan fingerprint density at radius 1 is 0.829 bits per heavy atom. The van der Waals surface area contributed by atoms with Crippen molar-refractivity contribution in [3.63, 3.8) is 0 Å². The predicted octanol–water partition coefficient (Wildman–Crippen LogP) is -0.329. The molecular formula is C25H32N6O4. The van der Waals surface area contributed by atoms with Gasteiger partial charge in [-0.25, -0.2) is 0 Å². The summed E-state index contributed by atoms with van der Waals surface area (Å²) in [5.41, 5.74) is 1.55. The van der Waals surface area contributed by atoms with Crippen LogP contribution in [0.15, 0.2) is 30.4 Å². The van der Waals surface area contributed by atoms with Crippen LogP contribution in [0.2, 0.25) is 0 Å². The fourth-order valence-corrected chi connectivity index (χ4v) is 5.19. The van der Waals surface area contributed by atoms with Gasteiger partial charge in [-0.2, -0.15) is 0 Å². The molecule has 5 rings (SSSR count). The summed E-state index contributed by atoms with van der Waals surface area (Å²) in [5.74, 6) is -1.90. The molecule has 4 aliphatic rings. The fourth-order valence-electron chi connectivity index (χ4n) is 5.19. The zero-order valence-corrected chi connectivity index (χ0v) is 19.9. The predicted molar refractivity (Wildman–Crippen MR) is 130 cm³/mol. The highest BCUT2D eigenvalue weighted by Crippen LogP contribution is 2.31. The van der Waals surface area contributed by atoms with Crippen molar-refractivity contribution in [2.45, 2.75) is 18.9 Å². The Kier molecular flexibility index (Phi) is 6.94. The lowest BCUT2D eigenvalue weighted by Gasteiger charge is -2.35. The number of nitrogens with zero attached hydrogens (tertiary/aromatic N) is 4. The molecule has 3 saturated heterocycles. The van der Waals surface area contributed by atoms with Gasteiger partial charge < -0.3 is 10.2 Å². The van der Waals surface area contributed by atoms with Gasteiger partial charge in [0.15, 0.2) is 0 Å². The average Bonchev–Trinajstić information content (AvgIpc) is 3.12. The van der Waals surface area contributed by atoms with E-state index >= 15 is 0 Å². The first kappa shape index (κ1) is 23.7. The first-order valence-corrected chi connectivity index (χ1v) is 12.4. The van der Waals surface area contributed by atoms with Crippen molar-refractivity contribution < 1.29 is 19.2 Å². The van der Waals surface area contributed by atoms with Crippen molar-refractivity contribution in [1.82, 2.24) is 25.3 Å². The Balaban J connectivity index is 1.16. The molecule has 0 bridgehead atoms. The van der Waals surface area contributed by atoms with Gasteiger partial charge in [0.1, 0.15) is 6.04 Å². The lowest BCUT2D eigenvalue weighted by atomic mass is 10.0. The van der Waals surface area contributed by atoms with Gasteiger partial charge in [-0.15, -0.1) is 0 Å². The van der Waals surface area contributed by atoms with Crippen molar-refractivity contribution in [2.75, 3.05) is 70.3 Å². The third-order valence-electron chi connectivity index (χ3n) is 7.26. The summed E-state index contributed by atoms with van der Waals surface area (Å²) in [5, 5.41) is 5.60. The van der Waals surface area contributed by atoms with E-state index in [1.54, 1.807) is 12.1 Å². The second-order valence-corrected chi connectivity index (χ2v) is 9.49. The summed E-state index contributed by atoms with van der Waals surface area (Å²) in [6, 6.07) is 4.39. The molecule has 35 heavy (non-hydrogen) atoms. The monoisotopic (exact) mass is 480 g/mol. The number of piperazine rings is 2. The van der Waals surface area contributed by atoms with E-state index in [1.807, 2.05) is 6.07 Å². The second kappa shape index (κ2) is 10.3. The van der Waals surface area contributed by atoms with Crippen molar-refractivity contribution in [2.24, 2.45) is 0 Å². The normalized spacial score (nSPS) is 24.4. The highest BCUT2D eigenvalue weighted by atomic mass is 16.2. The van der Waals surface area contributed by atoms with Gasteiger partial charge in [-0.05, 0) is 24.6 Å². The number of carbonyl (C=O) groups is 4. The van der Waals surface area contributed by atoms with E-state index in [0.717, 1.165) is 76.0 Å². The van der Waals surface area contributed by atoms with Crippen LogP contribution in [0.1, 0.15) is 33.6 Å². The maximum atomic E-state index is 13.1. The Hall–Kier alpha value is -3.08. The summed E-state index contributed by atoms with van der Waals surface area (Å²) >= 11 is 0. The van der Waals surface area contributed by atoms with Crippen LogP contribution >= 0.6 is 0 Å². The Labute approximate surface area is 204 Å². The van der Waals surface area contributed by atoms with Crippen molar-refractivity contribution in [3.8, 4) is 0 Å². The highest BCUT2D eigenvalue weighted by molar-refractivity contribution is 6.23. The van der Waals surface area contributed by atoms with Crippen LogP contribution in [0.25, 0.3) is 0 Å². The van der Waals surface area contributed by atoms with Gasteiger partial charge >= 0.3 is 0 Å². The highest BCUT2D eigenvalue weighted by Gasteiger charge is 2.44. The summed E-state index contributed by atoms with van der Waals surface area (Å²) in [4.78, 5) is 57.8. The van der Waals surface area contributed by atoms with Crippen LogP contribution < -0.4 is 15.5 Å². The number of nitrogens with one attached hydrogen (secondary N) is 2. The maximum Gasteiger partial charge on any atom is 0.262 e. The zero-order chi connectivity index (χ0) is 24.4. The van der Waals surface area contributed by atoms with Crippen LogP contribution in [0, 0.1) is 0 Å². The molecule has 0 aliphatic carbocycles. The number of anilines is 1. The number of imide groups is 2. The molecule has 0 saturated carbocycles. The molecule has 0 aromatic heterocycles. The number of benzene rings is 1. The SMILES string of the molecule is O=C1CCC(N2C(=O)c3ccc(N4CCN(C/C=C/CN5CCNCC5)CC4)cc3C2=O)C(=O)N1. The molecule has 10 nitrogen and oxygen atoms in total. The molecule has 1 atom stereocenters. The molecule has 2 N–H and O–H groups in total. The molecule has 3 fully saturated rings. The topological polar surface area (TPSA) is 105 Å². The minimum absolute atomic E-state index is 0.115.